The molecule has 3 atom stereocenters. The highest BCUT2D eigenvalue weighted by molar-refractivity contribution is 7.17. The van der Waals surface area contributed by atoms with Crippen molar-refractivity contribution in [1.82, 2.24) is 0 Å². The van der Waals surface area contributed by atoms with Crippen LogP contribution in [0.5, 0.6) is 0 Å². The smallest absolute Gasteiger partial charge is 0.0531 e. The summed E-state index contributed by atoms with van der Waals surface area (Å²) in [7, 11) is 2.86. The van der Waals surface area contributed by atoms with Crippen LogP contribution in [0, 0.1) is 5.92 Å². The Kier molecular flexibility index (Phi) is 7.31. The molecule has 1 aliphatic rings. The van der Waals surface area contributed by atoms with E-state index in [-0.39, 0.29) is 0 Å². The predicted molar refractivity (Wildman–Crippen MR) is 54.1 cm³/mol. The topological polar surface area (TPSA) is 9.23 Å². The molecule has 1 rings (SSSR count). The maximum absolute atomic E-state index is 5.29. The van der Waals surface area contributed by atoms with E-state index >= 15 is 0 Å². The van der Waals surface area contributed by atoms with Crippen LogP contribution < -0.4 is 0 Å². The fourth-order valence-corrected chi connectivity index (χ4v) is 1.91. The molecule has 0 aliphatic carbocycles. The zero-order valence-corrected chi connectivity index (χ0v) is 9.12. The molecule has 0 amide bonds. The summed E-state index contributed by atoms with van der Waals surface area (Å²) in [6.45, 7) is 8.18. The minimum absolute atomic E-state index is 0.712. The maximum atomic E-state index is 5.29. The van der Waals surface area contributed by atoms with Crippen LogP contribution in [0.2, 0.25) is 0 Å². The molecule has 2 heteroatoms. The van der Waals surface area contributed by atoms with Gasteiger partial charge in [-0.2, -0.15) is 0 Å². The van der Waals surface area contributed by atoms with Gasteiger partial charge in [-0.3, -0.25) is 0 Å². The first-order valence-corrected chi connectivity index (χ1v) is 5.34. The van der Waals surface area contributed by atoms with Gasteiger partial charge in [0.25, 0.3) is 0 Å². The third-order valence-corrected chi connectivity index (χ3v) is 2.81. The van der Waals surface area contributed by atoms with E-state index < -0.39 is 0 Å². The number of hydrogen-bond donors (Lipinski definition) is 0. The minimum Gasteiger partial charge on any atom is -0.381 e. The van der Waals surface area contributed by atoms with Gasteiger partial charge in [0.2, 0.25) is 0 Å². The second-order valence-corrected chi connectivity index (χ2v) is 3.55. The van der Waals surface area contributed by atoms with Crippen LogP contribution in [0.15, 0.2) is 0 Å². The summed E-state index contributed by atoms with van der Waals surface area (Å²) in [5.41, 5.74) is 0.712. The highest BCUT2D eigenvalue weighted by atomic mass is 31.0. The van der Waals surface area contributed by atoms with E-state index in [9.17, 15) is 0 Å². The van der Waals surface area contributed by atoms with Gasteiger partial charge in [0, 0.05) is 6.61 Å². The highest BCUT2D eigenvalue weighted by Crippen LogP contribution is 2.24. The summed E-state index contributed by atoms with van der Waals surface area (Å²) < 4.78 is 5.29. The normalized spacial score (nSPS) is 30.5. The number of rotatable bonds is 1. The molecule has 0 aromatic carbocycles. The van der Waals surface area contributed by atoms with Gasteiger partial charge in [-0.05, 0) is 18.0 Å². The van der Waals surface area contributed by atoms with Gasteiger partial charge in [-0.1, -0.05) is 27.2 Å². The van der Waals surface area contributed by atoms with Crippen molar-refractivity contribution in [3.63, 3.8) is 0 Å². The summed E-state index contributed by atoms with van der Waals surface area (Å²) in [5.74, 6) is 0.892. The van der Waals surface area contributed by atoms with Crippen LogP contribution in [0.3, 0.4) is 0 Å². The average Bonchev–Trinajstić information content (AvgIpc) is 2.09. The second-order valence-electron chi connectivity index (χ2n) is 2.70. The van der Waals surface area contributed by atoms with Gasteiger partial charge < -0.3 is 4.74 Å². The lowest BCUT2D eigenvalue weighted by molar-refractivity contribution is 0.0708. The average molecular weight is 176 g/mol. The van der Waals surface area contributed by atoms with Crippen molar-refractivity contribution in [1.29, 1.82) is 0 Å². The molecule has 1 saturated heterocycles. The highest BCUT2D eigenvalue weighted by Gasteiger charge is 2.19. The van der Waals surface area contributed by atoms with Crippen LogP contribution in [0.4, 0.5) is 0 Å². The second kappa shape index (κ2) is 7.06. The molecule has 0 aromatic heterocycles. The monoisotopic (exact) mass is 176 g/mol. The van der Waals surface area contributed by atoms with E-state index in [2.05, 4.69) is 16.2 Å². The zero-order valence-electron chi connectivity index (χ0n) is 7.97. The van der Waals surface area contributed by atoms with Crippen molar-refractivity contribution in [2.75, 3.05) is 13.2 Å². The van der Waals surface area contributed by atoms with E-state index in [1.54, 1.807) is 0 Å². The molecule has 11 heavy (non-hydrogen) atoms. The molecule has 68 valence electrons. The largest absolute Gasteiger partial charge is 0.381 e. The molecule has 0 N–H and O–H groups in total. The molecule has 0 radical (unpaired) electrons. The quantitative estimate of drug-likeness (QED) is 0.558. The fourth-order valence-electron chi connectivity index (χ4n) is 1.31. The van der Waals surface area contributed by atoms with Crippen LogP contribution in [0.25, 0.3) is 0 Å². The van der Waals surface area contributed by atoms with Gasteiger partial charge in [0.1, 0.15) is 0 Å². The van der Waals surface area contributed by atoms with Crippen molar-refractivity contribution < 1.29 is 4.74 Å². The van der Waals surface area contributed by atoms with E-state index in [4.69, 9.17) is 4.74 Å². The Morgan fingerprint density at radius 3 is 2.45 bits per heavy atom. The molecule has 3 unspecified atom stereocenters. The van der Waals surface area contributed by atoms with Crippen LogP contribution in [-0.2, 0) is 4.74 Å². The molecule has 1 heterocycles. The number of ether oxygens (including phenoxy) is 1. The molecular formula is C9H21OP. The third-order valence-electron chi connectivity index (χ3n) is 2.07. The maximum Gasteiger partial charge on any atom is 0.0531 e. The molecule has 0 bridgehead atoms. The van der Waals surface area contributed by atoms with Crippen LogP contribution in [-0.4, -0.2) is 18.9 Å². The number of hydrogen-bond acceptors (Lipinski definition) is 1. The lowest BCUT2D eigenvalue weighted by Gasteiger charge is -2.27. The third kappa shape index (κ3) is 4.08. The Morgan fingerprint density at radius 2 is 2.09 bits per heavy atom. The summed E-state index contributed by atoms with van der Waals surface area (Å²) >= 11 is 0. The SMILES string of the molecule is CC.CCC1CCOCC1P. The molecule has 1 fully saturated rings. The first kappa shape index (κ1) is 11.4. The molecule has 1 aliphatic heterocycles. The van der Waals surface area contributed by atoms with E-state index in [1.807, 2.05) is 13.8 Å². The Balaban J connectivity index is 0.000000461. The van der Waals surface area contributed by atoms with Gasteiger partial charge in [-0.25, -0.2) is 0 Å². The first-order valence-electron chi connectivity index (χ1n) is 4.68. The molecular weight excluding hydrogens is 155 g/mol. The summed E-state index contributed by atoms with van der Waals surface area (Å²) in [5, 5.41) is 0. The Hall–Kier alpha value is 0.390. The van der Waals surface area contributed by atoms with Crippen LogP contribution >= 0.6 is 9.24 Å². The van der Waals surface area contributed by atoms with Crippen molar-refractivity contribution >= 4 is 9.24 Å². The lowest BCUT2D eigenvalue weighted by Crippen LogP contribution is -2.26. The van der Waals surface area contributed by atoms with Crippen molar-refractivity contribution in [3.8, 4) is 0 Å². The fraction of sp³-hybridized carbons (Fsp3) is 1.00. The molecule has 0 aromatic rings. The summed E-state index contributed by atoms with van der Waals surface area (Å²) in [4.78, 5) is 0. The van der Waals surface area contributed by atoms with E-state index in [1.165, 1.54) is 12.8 Å². The van der Waals surface area contributed by atoms with Crippen LogP contribution in [0.1, 0.15) is 33.6 Å². The van der Waals surface area contributed by atoms with Crippen molar-refractivity contribution in [3.05, 3.63) is 0 Å². The molecule has 0 saturated carbocycles. The van der Waals surface area contributed by atoms with Gasteiger partial charge in [0.05, 0.1) is 6.61 Å². The van der Waals surface area contributed by atoms with E-state index in [0.717, 1.165) is 19.1 Å². The van der Waals surface area contributed by atoms with E-state index in [0.29, 0.717) is 5.66 Å². The zero-order chi connectivity index (χ0) is 8.69. The lowest BCUT2D eigenvalue weighted by atomic mass is 9.97. The Morgan fingerprint density at radius 1 is 1.45 bits per heavy atom. The summed E-state index contributed by atoms with van der Waals surface area (Å²) in [6, 6.07) is 0. The van der Waals surface area contributed by atoms with Gasteiger partial charge in [-0.15, -0.1) is 9.24 Å². The predicted octanol–water partition coefficient (Wildman–Crippen LogP) is 2.70. The van der Waals surface area contributed by atoms with Crippen molar-refractivity contribution in [2.24, 2.45) is 5.92 Å². The Bertz CT molecular complexity index is 85.6. The van der Waals surface area contributed by atoms with Gasteiger partial charge in [0.15, 0.2) is 0 Å². The summed E-state index contributed by atoms with van der Waals surface area (Å²) in [6.07, 6.45) is 2.56. The Labute approximate surface area is 73.1 Å². The molecule has 1 nitrogen and oxygen atoms in total. The standard InChI is InChI=1S/C7H15OP.C2H6/c1-2-6-3-4-8-5-7(6)9;1-2/h6-7H,2-5,9H2,1H3;1-2H3. The van der Waals surface area contributed by atoms with Crippen molar-refractivity contribution in [2.45, 2.75) is 39.3 Å². The first-order chi connectivity index (χ1) is 5.34. The van der Waals surface area contributed by atoms with Gasteiger partial charge >= 0.3 is 0 Å². The minimum atomic E-state index is 0.712. The molecule has 0 spiro atoms.